The number of unbranched alkanes of at least 4 members (excludes halogenated alkanes) is 3. The van der Waals surface area contributed by atoms with Crippen LogP contribution in [0.2, 0.25) is 0 Å². The second-order valence-electron chi connectivity index (χ2n) is 5.35. The Hall–Kier alpha value is -1.76. The second kappa shape index (κ2) is 8.42. The van der Waals surface area contributed by atoms with Gasteiger partial charge in [0.1, 0.15) is 0 Å². The molecule has 106 valence electrons. The molecule has 0 saturated carbocycles. The van der Waals surface area contributed by atoms with Gasteiger partial charge < -0.3 is 5.32 Å². The van der Waals surface area contributed by atoms with Crippen LogP contribution in [0.15, 0.2) is 54.6 Å². The third kappa shape index (κ3) is 5.08. The molecule has 0 aliphatic heterocycles. The number of aryl methyl sites for hydroxylation is 1. The van der Waals surface area contributed by atoms with Crippen molar-refractivity contribution in [2.24, 2.45) is 0 Å². The van der Waals surface area contributed by atoms with E-state index >= 15 is 0 Å². The van der Waals surface area contributed by atoms with Gasteiger partial charge >= 0.3 is 0 Å². The van der Waals surface area contributed by atoms with Gasteiger partial charge in [-0.3, -0.25) is 0 Å². The molecule has 0 aliphatic rings. The zero-order valence-corrected chi connectivity index (χ0v) is 12.4. The molecule has 0 atom stereocenters. The lowest BCUT2D eigenvalue weighted by atomic mass is 10.1. The molecule has 0 saturated heterocycles. The van der Waals surface area contributed by atoms with Crippen LogP contribution >= 0.6 is 0 Å². The highest BCUT2D eigenvalue weighted by atomic mass is 14.9. The first-order chi connectivity index (χ1) is 9.88. The van der Waals surface area contributed by atoms with Gasteiger partial charge in [0.25, 0.3) is 0 Å². The summed E-state index contributed by atoms with van der Waals surface area (Å²) >= 11 is 0. The summed E-state index contributed by atoms with van der Waals surface area (Å²) in [5, 5.41) is 3.46. The zero-order valence-electron chi connectivity index (χ0n) is 12.4. The van der Waals surface area contributed by atoms with Crippen molar-refractivity contribution in [2.75, 3.05) is 5.32 Å². The van der Waals surface area contributed by atoms with Crippen molar-refractivity contribution < 1.29 is 0 Å². The van der Waals surface area contributed by atoms with Gasteiger partial charge in [0, 0.05) is 12.2 Å². The normalized spacial score (nSPS) is 10.4. The monoisotopic (exact) mass is 267 g/mol. The van der Waals surface area contributed by atoms with Crippen LogP contribution in [0.4, 0.5) is 5.69 Å². The molecular weight excluding hydrogens is 242 g/mol. The summed E-state index contributed by atoms with van der Waals surface area (Å²) in [5.41, 5.74) is 3.97. The van der Waals surface area contributed by atoms with Crippen LogP contribution in [0.3, 0.4) is 0 Å². The fourth-order valence-corrected chi connectivity index (χ4v) is 2.35. The number of anilines is 1. The van der Waals surface area contributed by atoms with Crippen LogP contribution in [0.25, 0.3) is 0 Å². The summed E-state index contributed by atoms with van der Waals surface area (Å²) < 4.78 is 0. The molecular formula is C19H25N. The first-order valence-electron chi connectivity index (χ1n) is 7.75. The highest BCUT2D eigenvalue weighted by Crippen LogP contribution is 2.13. The average Bonchev–Trinajstić information content (AvgIpc) is 2.52. The molecule has 2 aromatic rings. The first kappa shape index (κ1) is 14.6. The van der Waals surface area contributed by atoms with Gasteiger partial charge in [0.05, 0.1) is 0 Å². The maximum Gasteiger partial charge on any atom is 0.0400 e. The Morgan fingerprint density at radius 2 is 1.50 bits per heavy atom. The molecule has 20 heavy (non-hydrogen) atoms. The van der Waals surface area contributed by atoms with Crippen LogP contribution in [0.5, 0.6) is 0 Å². The van der Waals surface area contributed by atoms with Crippen molar-refractivity contribution in [1.29, 1.82) is 0 Å². The minimum absolute atomic E-state index is 0.886. The number of benzene rings is 2. The fourth-order valence-electron chi connectivity index (χ4n) is 2.35. The summed E-state index contributed by atoms with van der Waals surface area (Å²) in [5.74, 6) is 0. The van der Waals surface area contributed by atoms with Crippen LogP contribution in [-0.4, -0.2) is 0 Å². The summed E-state index contributed by atoms with van der Waals surface area (Å²) in [6, 6.07) is 19.4. The van der Waals surface area contributed by atoms with Crippen LogP contribution in [0, 0.1) is 0 Å². The second-order valence-corrected chi connectivity index (χ2v) is 5.35. The Kier molecular flexibility index (Phi) is 6.16. The first-order valence-corrected chi connectivity index (χ1v) is 7.75. The minimum Gasteiger partial charge on any atom is -0.381 e. The summed E-state index contributed by atoms with van der Waals surface area (Å²) in [4.78, 5) is 0. The van der Waals surface area contributed by atoms with E-state index in [2.05, 4.69) is 66.8 Å². The highest BCUT2D eigenvalue weighted by molar-refractivity contribution is 5.45. The van der Waals surface area contributed by atoms with Gasteiger partial charge in [0.15, 0.2) is 0 Å². The smallest absolute Gasteiger partial charge is 0.0400 e. The molecule has 0 aliphatic carbocycles. The van der Waals surface area contributed by atoms with E-state index in [0.29, 0.717) is 0 Å². The topological polar surface area (TPSA) is 12.0 Å². The zero-order chi connectivity index (χ0) is 14.0. The van der Waals surface area contributed by atoms with E-state index in [1.165, 1.54) is 48.9 Å². The predicted octanol–water partition coefficient (Wildman–Crippen LogP) is 5.42. The number of hydrogen-bond donors (Lipinski definition) is 1. The lowest BCUT2D eigenvalue weighted by molar-refractivity contribution is 0.667. The van der Waals surface area contributed by atoms with E-state index in [4.69, 9.17) is 0 Å². The molecule has 0 spiro atoms. The molecule has 0 aromatic heterocycles. The Morgan fingerprint density at radius 1 is 0.750 bits per heavy atom. The lowest BCUT2D eigenvalue weighted by Gasteiger charge is -2.08. The van der Waals surface area contributed by atoms with E-state index in [9.17, 15) is 0 Å². The molecule has 2 aromatic carbocycles. The Morgan fingerprint density at radius 3 is 2.20 bits per heavy atom. The minimum atomic E-state index is 0.886. The summed E-state index contributed by atoms with van der Waals surface area (Å²) in [6.45, 7) is 3.14. The van der Waals surface area contributed by atoms with Crippen molar-refractivity contribution in [3.05, 3.63) is 65.7 Å². The van der Waals surface area contributed by atoms with Gasteiger partial charge in [-0.2, -0.15) is 0 Å². The van der Waals surface area contributed by atoms with E-state index in [-0.39, 0.29) is 0 Å². The average molecular weight is 267 g/mol. The Bertz CT molecular complexity index is 473. The molecule has 1 N–H and O–H groups in total. The molecule has 0 amide bonds. The maximum absolute atomic E-state index is 3.46. The molecule has 0 fully saturated rings. The summed E-state index contributed by atoms with van der Waals surface area (Å²) in [7, 11) is 0. The third-order valence-electron chi connectivity index (χ3n) is 3.61. The molecule has 0 unspecified atom stereocenters. The van der Waals surface area contributed by atoms with Crippen molar-refractivity contribution >= 4 is 5.69 Å². The van der Waals surface area contributed by atoms with Crippen LogP contribution in [0.1, 0.15) is 43.7 Å². The van der Waals surface area contributed by atoms with Gasteiger partial charge in [0.2, 0.25) is 0 Å². The number of nitrogens with one attached hydrogen (secondary N) is 1. The fraction of sp³-hybridized carbons (Fsp3) is 0.368. The van der Waals surface area contributed by atoms with Crippen LogP contribution in [-0.2, 0) is 13.0 Å². The van der Waals surface area contributed by atoms with Gasteiger partial charge in [-0.15, -0.1) is 0 Å². The van der Waals surface area contributed by atoms with Gasteiger partial charge in [-0.05, 0) is 36.1 Å². The van der Waals surface area contributed by atoms with Crippen molar-refractivity contribution in [2.45, 2.75) is 45.6 Å². The standard InChI is InChI=1S/C19H25N/c1-2-3-4-6-9-17-12-14-19(15-13-17)20-16-18-10-7-5-8-11-18/h5,7-8,10-15,20H,2-4,6,9,16H2,1H3. The summed E-state index contributed by atoms with van der Waals surface area (Å²) in [6.07, 6.45) is 6.53. The molecule has 0 bridgehead atoms. The van der Waals surface area contributed by atoms with E-state index in [1.807, 2.05) is 0 Å². The lowest BCUT2D eigenvalue weighted by Crippen LogP contribution is -1.99. The molecule has 0 radical (unpaired) electrons. The molecule has 1 heteroatoms. The van der Waals surface area contributed by atoms with E-state index in [1.54, 1.807) is 0 Å². The SMILES string of the molecule is CCCCCCc1ccc(NCc2ccccc2)cc1. The Labute approximate surface area is 123 Å². The van der Waals surface area contributed by atoms with Crippen molar-refractivity contribution in [1.82, 2.24) is 0 Å². The third-order valence-corrected chi connectivity index (χ3v) is 3.61. The quantitative estimate of drug-likeness (QED) is 0.629. The van der Waals surface area contributed by atoms with Gasteiger partial charge in [-0.1, -0.05) is 68.7 Å². The van der Waals surface area contributed by atoms with Crippen molar-refractivity contribution in [3.8, 4) is 0 Å². The molecule has 0 heterocycles. The molecule has 1 nitrogen and oxygen atoms in total. The van der Waals surface area contributed by atoms with Crippen molar-refractivity contribution in [3.63, 3.8) is 0 Å². The largest absolute Gasteiger partial charge is 0.381 e. The highest BCUT2D eigenvalue weighted by Gasteiger charge is 1.96. The van der Waals surface area contributed by atoms with Crippen LogP contribution < -0.4 is 5.32 Å². The van der Waals surface area contributed by atoms with E-state index in [0.717, 1.165) is 6.54 Å². The van der Waals surface area contributed by atoms with Gasteiger partial charge in [-0.25, -0.2) is 0 Å². The van der Waals surface area contributed by atoms with E-state index < -0.39 is 0 Å². The predicted molar refractivity (Wildman–Crippen MR) is 88.1 cm³/mol. The number of rotatable bonds is 8. The number of hydrogen-bond acceptors (Lipinski definition) is 1. The molecule has 2 rings (SSSR count). The maximum atomic E-state index is 3.46. The Balaban J connectivity index is 1.76.